The molecule has 15 heavy (non-hydrogen) atoms. The normalized spacial score (nSPS) is 10.0. The van der Waals surface area contributed by atoms with E-state index in [4.69, 9.17) is 5.11 Å². The third kappa shape index (κ3) is 3.53. The number of aliphatic hydroxyl groups excluding tert-OH is 1. The summed E-state index contributed by atoms with van der Waals surface area (Å²) in [5.41, 5.74) is 0.224. The molecule has 0 heterocycles. The lowest BCUT2D eigenvalue weighted by Crippen LogP contribution is -2.25. The van der Waals surface area contributed by atoms with Crippen molar-refractivity contribution in [3.63, 3.8) is 0 Å². The molecule has 5 heteroatoms. The molecule has 1 aromatic rings. The summed E-state index contributed by atoms with van der Waals surface area (Å²) in [5.74, 6) is -0.401. The quantitative estimate of drug-likeness (QED) is 0.724. The fourth-order valence-corrected chi connectivity index (χ4v) is 1.43. The van der Waals surface area contributed by atoms with Crippen molar-refractivity contribution in [2.45, 2.75) is 6.42 Å². The van der Waals surface area contributed by atoms with Crippen molar-refractivity contribution in [3.05, 3.63) is 28.2 Å². The second-order valence-electron chi connectivity index (χ2n) is 2.99. The molecule has 0 radical (unpaired) electrons. The Balaban J connectivity index is 2.68. The first kappa shape index (κ1) is 12.0. The number of halogens is 1. The van der Waals surface area contributed by atoms with Crippen LogP contribution in [0.2, 0.25) is 0 Å². The minimum atomic E-state index is -0.345. The molecule has 0 saturated heterocycles. The van der Waals surface area contributed by atoms with Crippen LogP contribution in [0.3, 0.4) is 0 Å². The molecule has 0 spiro atoms. The average molecular weight is 274 g/mol. The molecule has 82 valence electrons. The van der Waals surface area contributed by atoms with Gasteiger partial charge in [-0.15, -0.1) is 0 Å². The number of carbonyl (C=O) groups excluding carboxylic acids is 1. The van der Waals surface area contributed by atoms with Gasteiger partial charge in [0.15, 0.2) is 0 Å². The minimum Gasteiger partial charge on any atom is -0.507 e. The number of phenolic OH excluding ortho intramolecular Hbond substituents is 1. The fourth-order valence-electron chi connectivity index (χ4n) is 1.07. The lowest BCUT2D eigenvalue weighted by molar-refractivity contribution is 0.0948. The molecule has 1 aromatic carbocycles. The Bertz CT molecular complexity index is 355. The van der Waals surface area contributed by atoms with Gasteiger partial charge < -0.3 is 15.5 Å². The first-order chi connectivity index (χ1) is 7.15. The fraction of sp³-hybridized carbons (Fsp3) is 0.300. The van der Waals surface area contributed by atoms with E-state index in [9.17, 15) is 9.90 Å². The Morgan fingerprint density at radius 1 is 1.47 bits per heavy atom. The molecular formula is C10H12BrNO3. The maximum Gasteiger partial charge on any atom is 0.255 e. The van der Waals surface area contributed by atoms with Crippen LogP contribution in [0.1, 0.15) is 16.8 Å². The molecule has 0 aliphatic heterocycles. The van der Waals surface area contributed by atoms with E-state index >= 15 is 0 Å². The standard InChI is InChI=1S/C10H12BrNO3/c11-7-2-3-9(14)8(6-7)10(15)12-4-1-5-13/h2-3,6,13-14H,1,4-5H2,(H,12,15). The summed E-state index contributed by atoms with van der Waals surface area (Å²) in [7, 11) is 0. The molecule has 3 N–H and O–H groups in total. The third-order valence-corrected chi connectivity index (χ3v) is 2.32. The lowest BCUT2D eigenvalue weighted by atomic mass is 10.2. The zero-order valence-electron chi connectivity index (χ0n) is 8.03. The van der Waals surface area contributed by atoms with Crippen LogP contribution in [0.5, 0.6) is 5.75 Å². The van der Waals surface area contributed by atoms with Crippen molar-refractivity contribution in [2.75, 3.05) is 13.2 Å². The van der Waals surface area contributed by atoms with E-state index in [1.165, 1.54) is 6.07 Å². The number of aliphatic hydroxyl groups is 1. The van der Waals surface area contributed by atoms with Crippen molar-refractivity contribution >= 4 is 21.8 Å². The van der Waals surface area contributed by atoms with Crippen molar-refractivity contribution in [1.82, 2.24) is 5.32 Å². The Labute approximate surface area is 96.1 Å². The first-order valence-electron chi connectivity index (χ1n) is 4.52. The van der Waals surface area contributed by atoms with E-state index in [0.717, 1.165) is 4.47 Å². The van der Waals surface area contributed by atoms with Crippen molar-refractivity contribution < 1.29 is 15.0 Å². The van der Waals surface area contributed by atoms with Crippen molar-refractivity contribution in [1.29, 1.82) is 0 Å². The molecule has 0 aliphatic rings. The number of nitrogens with one attached hydrogen (secondary N) is 1. The number of phenols is 1. The lowest BCUT2D eigenvalue weighted by Gasteiger charge is -2.06. The van der Waals surface area contributed by atoms with Crippen LogP contribution in [0.4, 0.5) is 0 Å². The van der Waals surface area contributed by atoms with Gasteiger partial charge in [-0.1, -0.05) is 15.9 Å². The van der Waals surface area contributed by atoms with E-state index < -0.39 is 0 Å². The maximum atomic E-state index is 11.5. The Kier molecular flexibility index (Phi) is 4.58. The Hall–Kier alpha value is -1.07. The summed E-state index contributed by atoms with van der Waals surface area (Å²) < 4.78 is 0.729. The van der Waals surface area contributed by atoms with Crippen molar-refractivity contribution in [2.24, 2.45) is 0 Å². The zero-order valence-corrected chi connectivity index (χ0v) is 9.62. The van der Waals surface area contributed by atoms with E-state index in [-0.39, 0.29) is 23.8 Å². The highest BCUT2D eigenvalue weighted by molar-refractivity contribution is 9.10. The summed E-state index contributed by atoms with van der Waals surface area (Å²) >= 11 is 3.22. The van der Waals surface area contributed by atoms with Gasteiger partial charge in [0.25, 0.3) is 5.91 Å². The molecule has 0 atom stereocenters. The maximum absolute atomic E-state index is 11.5. The third-order valence-electron chi connectivity index (χ3n) is 1.82. The summed E-state index contributed by atoms with van der Waals surface area (Å²) in [6.07, 6.45) is 0.501. The average Bonchev–Trinajstić information content (AvgIpc) is 2.22. The van der Waals surface area contributed by atoms with Crippen LogP contribution < -0.4 is 5.32 Å². The number of rotatable bonds is 4. The van der Waals surface area contributed by atoms with E-state index in [2.05, 4.69) is 21.2 Å². The van der Waals surface area contributed by atoms with Crippen molar-refractivity contribution in [3.8, 4) is 5.75 Å². The summed E-state index contributed by atoms with van der Waals surface area (Å²) in [5, 5.41) is 20.6. The van der Waals surface area contributed by atoms with Crippen LogP contribution in [0.15, 0.2) is 22.7 Å². The minimum absolute atomic E-state index is 0.0325. The van der Waals surface area contributed by atoms with Crippen LogP contribution >= 0.6 is 15.9 Å². The number of hydrogen-bond acceptors (Lipinski definition) is 3. The second kappa shape index (κ2) is 5.72. The van der Waals surface area contributed by atoms with Gasteiger partial charge in [0, 0.05) is 17.6 Å². The molecule has 0 aliphatic carbocycles. The molecule has 1 amide bonds. The Morgan fingerprint density at radius 3 is 2.87 bits per heavy atom. The predicted molar refractivity (Wildman–Crippen MR) is 59.8 cm³/mol. The number of hydrogen-bond donors (Lipinski definition) is 3. The van der Waals surface area contributed by atoms with Crippen LogP contribution in [-0.4, -0.2) is 29.3 Å². The van der Waals surface area contributed by atoms with Crippen LogP contribution in [-0.2, 0) is 0 Å². The predicted octanol–water partition coefficient (Wildman–Crippen LogP) is 1.27. The molecular weight excluding hydrogens is 262 g/mol. The molecule has 0 unspecified atom stereocenters. The van der Waals surface area contributed by atoms with Crippen LogP contribution in [0, 0.1) is 0 Å². The highest BCUT2D eigenvalue weighted by Gasteiger charge is 2.10. The van der Waals surface area contributed by atoms with Gasteiger partial charge in [0.2, 0.25) is 0 Å². The summed E-state index contributed by atoms with van der Waals surface area (Å²) in [4.78, 5) is 11.5. The monoisotopic (exact) mass is 273 g/mol. The van der Waals surface area contributed by atoms with E-state index in [1.54, 1.807) is 12.1 Å². The number of amides is 1. The SMILES string of the molecule is O=C(NCCCO)c1cc(Br)ccc1O. The zero-order chi connectivity index (χ0) is 11.3. The van der Waals surface area contributed by atoms with Gasteiger partial charge in [-0.3, -0.25) is 4.79 Å². The topological polar surface area (TPSA) is 69.6 Å². The molecule has 0 fully saturated rings. The van der Waals surface area contributed by atoms with Gasteiger partial charge in [0.05, 0.1) is 5.56 Å². The highest BCUT2D eigenvalue weighted by Crippen LogP contribution is 2.21. The first-order valence-corrected chi connectivity index (χ1v) is 5.32. The largest absolute Gasteiger partial charge is 0.507 e. The molecule has 0 aromatic heterocycles. The number of aromatic hydroxyl groups is 1. The molecule has 1 rings (SSSR count). The van der Waals surface area contributed by atoms with E-state index in [1.807, 2.05) is 0 Å². The second-order valence-corrected chi connectivity index (χ2v) is 3.91. The molecule has 0 bridgehead atoms. The summed E-state index contributed by atoms with van der Waals surface area (Å²) in [6, 6.07) is 4.65. The Morgan fingerprint density at radius 2 is 2.20 bits per heavy atom. The number of carbonyl (C=O) groups is 1. The smallest absolute Gasteiger partial charge is 0.255 e. The highest BCUT2D eigenvalue weighted by atomic mass is 79.9. The van der Waals surface area contributed by atoms with Gasteiger partial charge in [-0.25, -0.2) is 0 Å². The van der Waals surface area contributed by atoms with Gasteiger partial charge >= 0.3 is 0 Å². The summed E-state index contributed by atoms with van der Waals surface area (Å²) in [6.45, 7) is 0.423. The van der Waals surface area contributed by atoms with Crippen LogP contribution in [0.25, 0.3) is 0 Å². The van der Waals surface area contributed by atoms with Gasteiger partial charge in [-0.05, 0) is 24.6 Å². The van der Waals surface area contributed by atoms with Gasteiger partial charge in [0.1, 0.15) is 5.75 Å². The van der Waals surface area contributed by atoms with Gasteiger partial charge in [-0.2, -0.15) is 0 Å². The molecule has 4 nitrogen and oxygen atoms in total. The number of benzene rings is 1. The van der Waals surface area contributed by atoms with E-state index in [0.29, 0.717) is 13.0 Å². The molecule has 0 saturated carbocycles.